The van der Waals surface area contributed by atoms with Crippen molar-refractivity contribution in [3.63, 3.8) is 0 Å². The lowest BCUT2D eigenvalue weighted by Crippen LogP contribution is -2.41. The van der Waals surface area contributed by atoms with Crippen molar-refractivity contribution in [2.75, 3.05) is 63.0 Å². The van der Waals surface area contributed by atoms with Crippen molar-refractivity contribution in [3.8, 4) is 45.3 Å². The summed E-state index contributed by atoms with van der Waals surface area (Å²) >= 11 is 0. The summed E-state index contributed by atoms with van der Waals surface area (Å²) in [6, 6.07) is 34.4. The van der Waals surface area contributed by atoms with Crippen LogP contribution in [0, 0.1) is 41.5 Å². The van der Waals surface area contributed by atoms with Crippen LogP contribution in [-0.4, -0.2) is 113 Å². The van der Waals surface area contributed by atoms with Gasteiger partial charge in [0.1, 0.15) is 5.60 Å². The number of piperidine rings is 2. The number of carbonyl (C=O) groups is 1. The summed E-state index contributed by atoms with van der Waals surface area (Å²) in [4.78, 5) is 45.7. The minimum atomic E-state index is -0.498. The minimum absolute atomic E-state index is 0.280. The maximum absolute atomic E-state index is 12.0. The van der Waals surface area contributed by atoms with Crippen LogP contribution in [0.25, 0.3) is 45.3 Å². The number of benzene rings is 4. The molecule has 0 bridgehead atoms. The van der Waals surface area contributed by atoms with E-state index in [2.05, 4.69) is 171 Å². The average Bonchev–Trinajstić information content (AvgIpc) is 4.31. The Kier molecular flexibility index (Phi) is 17.9. The quantitative estimate of drug-likeness (QED) is 0.0762. The zero-order valence-electron chi connectivity index (χ0n) is 47.6. The average molecular weight is 1060 g/mol. The van der Waals surface area contributed by atoms with Gasteiger partial charge in [0.15, 0.2) is 0 Å². The lowest BCUT2D eigenvalue weighted by atomic mass is 10.0. The van der Waals surface area contributed by atoms with E-state index in [0.717, 1.165) is 122 Å². The summed E-state index contributed by atoms with van der Waals surface area (Å²) in [7, 11) is 0. The molecule has 0 aliphatic carbocycles. The Labute approximate surface area is 466 Å². The van der Waals surface area contributed by atoms with Gasteiger partial charge in [-0.1, -0.05) is 71.8 Å². The number of rotatable bonds is 15. The molecule has 16 nitrogen and oxygen atoms in total. The smallest absolute Gasteiger partial charge is 0.407 e. The van der Waals surface area contributed by atoms with Crippen LogP contribution in [0.3, 0.4) is 0 Å². The Morgan fingerprint density at radius 3 is 1.35 bits per heavy atom. The van der Waals surface area contributed by atoms with Crippen LogP contribution in [0.2, 0.25) is 0 Å². The van der Waals surface area contributed by atoms with E-state index in [1.165, 1.54) is 33.4 Å². The van der Waals surface area contributed by atoms with E-state index in [-0.39, 0.29) is 12.1 Å². The number of aryl methyl sites for hydroxylation is 6. The molecule has 10 rings (SSSR count). The molecule has 16 heteroatoms. The first-order valence-electron chi connectivity index (χ1n) is 27.8. The molecule has 8 aromatic rings. The molecule has 79 heavy (non-hydrogen) atoms. The van der Waals surface area contributed by atoms with E-state index in [4.69, 9.17) is 30.4 Å². The zero-order valence-corrected chi connectivity index (χ0v) is 47.6. The molecule has 412 valence electrons. The fourth-order valence-corrected chi connectivity index (χ4v) is 10.7. The van der Waals surface area contributed by atoms with E-state index in [1.54, 1.807) is 0 Å². The highest BCUT2D eigenvalue weighted by atomic mass is 16.6. The van der Waals surface area contributed by atoms with Gasteiger partial charge in [0, 0.05) is 99.3 Å². The Hall–Kier alpha value is -7.79. The highest BCUT2D eigenvalue weighted by Gasteiger charge is 2.28. The van der Waals surface area contributed by atoms with Crippen LogP contribution in [0.1, 0.15) is 91.9 Å². The summed E-state index contributed by atoms with van der Waals surface area (Å²) in [5, 5.41) is 9.68. The predicted molar refractivity (Wildman–Crippen MR) is 318 cm³/mol. The number of nitrogens with zero attached hydrogens (tertiary/aromatic N) is 10. The summed E-state index contributed by atoms with van der Waals surface area (Å²) in [5.74, 6) is 1.13. The fourth-order valence-electron chi connectivity index (χ4n) is 10.7. The molecule has 0 atom stereocenters. The van der Waals surface area contributed by atoms with Crippen molar-refractivity contribution < 1.29 is 9.53 Å². The second-order valence-corrected chi connectivity index (χ2v) is 22.3. The lowest BCUT2D eigenvalue weighted by molar-refractivity contribution is 0.0519. The standard InChI is InChI=1S/C34H43N7O2.C29H35N7/c1-23-7-9-26(10-8-23)30-31(29-11-14-35-32(39-29)38-27-20-24(2)19-25(3)21-27)41(22-37-30)28-12-16-40(17-13-28)18-15-36-33(42)43-34(4,5)6;1-20-4-6-23(7-5-20)27-28(36(19-32-27)25-9-13-35(14-10-25)15-11-30)26-8-12-31-29(34-26)33-24-17-21(2)16-22(3)18-24/h7-11,14,19-22,28H,12-13,15-18H2,1-6H3,(H,36,42)(H,35,38,39);4-8,12,16-19,25H,9-11,13-15,30H2,1-3H3,(H,31,33,34). The number of nitrogens with one attached hydrogen (secondary N) is 3. The van der Waals surface area contributed by atoms with Crippen LogP contribution in [0.15, 0.2) is 122 Å². The van der Waals surface area contributed by atoms with Crippen molar-refractivity contribution in [1.82, 2.24) is 54.2 Å². The lowest BCUT2D eigenvalue weighted by Gasteiger charge is -2.33. The number of aromatic nitrogens is 8. The molecular weight excluding hydrogens is 985 g/mol. The first-order chi connectivity index (χ1) is 38.0. The highest BCUT2D eigenvalue weighted by molar-refractivity contribution is 5.79. The first kappa shape index (κ1) is 55.9. The number of imidazole rings is 2. The largest absolute Gasteiger partial charge is 0.444 e. The van der Waals surface area contributed by atoms with Gasteiger partial charge in [-0.05, 0) is 147 Å². The fraction of sp³-hybridized carbons (Fsp3) is 0.381. The molecule has 2 aliphatic heterocycles. The van der Waals surface area contributed by atoms with E-state index < -0.39 is 5.60 Å². The van der Waals surface area contributed by atoms with Crippen molar-refractivity contribution in [1.29, 1.82) is 0 Å². The first-order valence-corrected chi connectivity index (χ1v) is 27.8. The Bertz CT molecular complexity index is 3270. The van der Waals surface area contributed by atoms with Crippen LogP contribution >= 0.6 is 0 Å². The molecule has 0 saturated carbocycles. The third kappa shape index (κ3) is 14.9. The van der Waals surface area contributed by atoms with Crippen LogP contribution in [0.4, 0.5) is 28.1 Å². The molecule has 0 spiro atoms. The summed E-state index contributed by atoms with van der Waals surface area (Å²) < 4.78 is 9.99. The molecule has 2 fully saturated rings. The molecule has 2 aliphatic rings. The number of amides is 1. The molecule has 1 amide bonds. The van der Waals surface area contributed by atoms with Crippen molar-refractivity contribution >= 4 is 29.4 Å². The molecule has 0 radical (unpaired) electrons. The normalized spacial score (nSPS) is 14.6. The van der Waals surface area contributed by atoms with Crippen LogP contribution < -0.4 is 21.7 Å². The number of anilines is 4. The Balaban J connectivity index is 0.000000195. The molecule has 4 aromatic carbocycles. The van der Waals surface area contributed by atoms with Crippen molar-refractivity contribution in [3.05, 3.63) is 155 Å². The molecule has 4 aromatic heterocycles. The molecular formula is C63H78N14O2. The number of likely N-dealkylation sites (tertiary alicyclic amines) is 2. The minimum Gasteiger partial charge on any atom is -0.444 e. The topological polar surface area (TPSA) is 182 Å². The van der Waals surface area contributed by atoms with Crippen molar-refractivity contribution in [2.24, 2.45) is 5.73 Å². The van der Waals surface area contributed by atoms with Gasteiger partial charge in [0.25, 0.3) is 0 Å². The Morgan fingerprint density at radius 2 is 0.962 bits per heavy atom. The molecule has 5 N–H and O–H groups in total. The third-order valence-electron chi connectivity index (χ3n) is 14.4. The Morgan fingerprint density at radius 1 is 0.557 bits per heavy atom. The number of ether oxygens (including phenoxy) is 1. The SMILES string of the molecule is Cc1ccc(-c2ncn(C3CCN(CCN)CC3)c2-c2ccnc(Nc3cc(C)cc(C)c3)n2)cc1.Cc1ccc(-c2ncn(C3CCN(CCNC(=O)OC(C)(C)C)CC3)c2-c2ccnc(Nc3cc(C)cc(C)c3)n2)cc1. The van der Waals surface area contributed by atoms with Gasteiger partial charge >= 0.3 is 6.09 Å². The van der Waals surface area contributed by atoms with Crippen LogP contribution in [-0.2, 0) is 4.74 Å². The maximum Gasteiger partial charge on any atom is 0.407 e. The van der Waals surface area contributed by atoms with Crippen molar-refractivity contribution in [2.45, 2.75) is 106 Å². The van der Waals surface area contributed by atoms with Gasteiger partial charge in [0.2, 0.25) is 11.9 Å². The van der Waals surface area contributed by atoms with Gasteiger partial charge in [0.05, 0.1) is 46.8 Å². The molecule has 6 heterocycles. The number of nitrogens with two attached hydrogens (primary N) is 1. The van der Waals surface area contributed by atoms with Gasteiger partial charge in [-0.2, -0.15) is 0 Å². The number of hydrogen-bond acceptors (Lipinski definition) is 13. The summed E-state index contributed by atoms with van der Waals surface area (Å²) in [5.41, 5.74) is 22.2. The monoisotopic (exact) mass is 1060 g/mol. The second-order valence-electron chi connectivity index (χ2n) is 22.3. The summed E-state index contributed by atoms with van der Waals surface area (Å²) in [6.45, 7) is 25.1. The molecule has 2 saturated heterocycles. The van der Waals surface area contributed by atoms with Gasteiger partial charge < -0.3 is 45.4 Å². The zero-order chi connectivity index (χ0) is 55.6. The number of alkyl carbamates (subject to hydrolysis) is 1. The maximum atomic E-state index is 12.0. The van der Waals surface area contributed by atoms with Gasteiger partial charge in [-0.3, -0.25) is 0 Å². The third-order valence-corrected chi connectivity index (χ3v) is 14.4. The summed E-state index contributed by atoms with van der Waals surface area (Å²) in [6.07, 6.45) is 11.3. The van der Waals surface area contributed by atoms with E-state index in [1.807, 2.05) is 58.0 Å². The van der Waals surface area contributed by atoms with E-state index in [0.29, 0.717) is 31.0 Å². The van der Waals surface area contributed by atoms with E-state index >= 15 is 0 Å². The molecule has 0 unspecified atom stereocenters. The van der Waals surface area contributed by atoms with Crippen LogP contribution in [0.5, 0.6) is 0 Å². The van der Waals surface area contributed by atoms with Gasteiger partial charge in [-0.25, -0.2) is 34.7 Å². The number of hydrogen-bond donors (Lipinski definition) is 4. The second kappa shape index (κ2) is 25.3. The van der Waals surface area contributed by atoms with E-state index in [9.17, 15) is 4.79 Å². The number of carbonyl (C=O) groups excluding carboxylic acids is 1. The van der Waals surface area contributed by atoms with Gasteiger partial charge in [-0.15, -0.1) is 0 Å². The highest BCUT2D eigenvalue weighted by Crippen LogP contribution is 2.38. The predicted octanol–water partition coefficient (Wildman–Crippen LogP) is 12.1.